The van der Waals surface area contributed by atoms with Gasteiger partial charge in [0.1, 0.15) is 16.3 Å². The maximum absolute atomic E-state index is 9.96. The van der Waals surface area contributed by atoms with Gasteiger partial charge in [-0.1, -0.05) is 43.9 Å². The Bertz CT molecular complexity index is 859. The second-order valence-electron chi connectivity index (χ2n) is 4.70. The summed E-state index contributed by atoms with van der Waals surface area (Å²) in [6.45, 7) is 0. The number of nitrogen functional groups attached to an aromatic ring is 2. The van der Waals surface area contributed by atoms with Crippen LogP contribution in [0.25, 0.3) is 10.6 Å². The first-order valence-electron chi connectivity index (χ1n) is 8.37. The Morgan fingerprint density at radius 2 is 1.73 bits per heavy atom. The molecule has 0 atom stereocenters. The summed E-state index contributed by atoms with van der Waals surface area (Å²) in [5.74, 6) is 0.111. The fraction of sp³-hybridized carbons (Fsp3) is 0.150. The lowest BCUT2D eigenvalue weighted by atomic mass is 10.2. The van der Waals surface area contributed by atoms with Gasteiger partial charge in [0.2, 0.25) is 0 Å². The third kappa shape index (κ3) is 12.1. The van der Waals surface area contributed by atoms with Crippen molar-refractivity contribution >= 4 is 57.8 Å². The molecule has 0 radical (unpaired) electrons. The summed E-state index contributed by atoms with van der Waals surface area (Å²) in [5, 5.41) is 2.93. The van der Waals surface area contributed by atoms with Gasteiger partial charge in [0, 0.05) is 34.1 Å². The molecule has 3 rings (SSSR count). The third-order valence-electron chi connectivity index (χ3n) is 2.91. The van der Waals surface area contributed by atoms with Crippen LogP contribution in [-0.2, 0) is 4.79 Å². The summed E-state index contributed by atoms with van der Waals surface area (Å²) in [6.07, 6.45) is 2.42. The van der Waals surface area contributed by atoms with E-state index in [0.717, 1.165) is 21.8 Å². The molecule has 0 fully saturated rings. The molecule has 2 aromatic carbocycles. The van der Waals surface area contributed by atoms with Crippen molar-refractivity contribution in [3.05, 3.63) is 65.7 Å². The van der Waals surface area contributed by atoms with E-state index in [4.69, 9.17) is 47.2 Å². The number of thiazole rings is 1. The van der Waals surface area contributed by atoms with Gasteiger partial charge in [-0.15, -0.1) is 22.9 Å². The molecule has 1 aromatic heterocycles. The molecule has 0 bridgehead atoms. The van der Waals surface area contributed by atoms with Crippen LogP contribution >= 0.6 is 35.2 Å². The van der Waals surface area contributed by atoms with Crippen molar-refractivity contribution in [3.8, 4) is 10.6 Å². The lowest BCUT2D eigenvalue weighted by Crippen LogP contribution is -2.11. The van der Waals surface area contributed by atoms with Gasteiger partial charge in [-0.3, -0.25) is 4.39 Å². The minimum atomic E-state index is -1.00. The van der Waals surface area contributed by atoms with Gasteiger partial charge in [0.15, 0.2) is 0 Å². The topological polar surface area (TPSA) is 140 Å². The van der Waals surface area contributed by atoms with Crippen molar-refractivity contribution in [3.63, 3.8) is 0 Å². The van der Waals surface area contributed by atoms with Gasteiger partial charge in [0.25, 0.3) is 0 Å². The van der Waals surface area contributed by atoms with Gasteiger partial charge in [-0.25, -0.2) is 4.98 Å². The van der Waals surface area contributed by atoms with Gasteiger partial charge in [0.05, 0.1) is 14.4 Å². The number of carbonyl (C=O) groups is 1. The van der Waals surface area contributed by atoms with Crippen LogP contribution in [0.5, 0.6) is 0 Å². The van der Waals surface area contributed by atoms with E-state index in [0.29, 0.717) is 17.0 Å². The highest BCUT2D eigenvalue weighted by Gasteiger charge is 2.02. The Hall–Kier alpha value is -2.59. The first-order valence-corrected chi connectivity index (χ1v) is 9.48. The monoisotopic (exact) mass is 475 g/mol. The molecule has 166 valence electrons. The lowest BCUT2D eigenvalue weighted by molar-refractivity contribution is -0.105. The summed E-state index contributed by atoms with van der Waals surface area (Å²) in [6, 6.07) is 15.0. The van der Waals surface area contributed by atoms with E-state index in [-0.39, 0.29) is 18.8 Å². The molecule has 0 spiro atoms. The fourth-order valence-electron chi connectivity index (χ4n) is 1.77. The summed E-state index contributed by atoms with van der Waals surface area (Å²) >= 11 is 11.2. The largest absolute Gasteiger partial charge is 0.412 e. The SMILES string of the molecule is C.NC(=S)c1ccccc1N.Nc1ccccc1-c1nccs1.O.O=CCCl.[2H]CF. The molecule has 0 saturated heterocycles. The van der Waals surface area contributed by atoms with E-state index < -0.39 is 7.15 Å². The van der Waals surface area contributed by atoms with Crippen LogP contribution in [-0.4, -0.2) is 34.8 Å². The number of rotatable bonds is 3. The normalized spacial score (nSPS) is 8.53. The molecule has 8 N–H and O–H groups in total. The van der Waals surface area contributed by atoms with Crippen molar-refractivity contribution in [2.45, 2.75) is 7.43 Å². The molecule has 0 saturated carbocycles. The lowest BCUT2D eigenvalue weighted by Gasteiger charge is -2.00. The molecule has 1 heterocycles. The number of aldehydes is 1. The predicted molar refractivity (Wildman–Crippen MR) is 133 cm³/mol. The zero-order valence-electron chi connectivity index (χ0n) is 16.4. The molecule has 0 amide bonds. The predicted octanol–water partition coefficient (Wildman–Crippen LogP) is 4.12. The average molecular weight is 476 g/mol. The quantitative estimate of drug-likeness (QED) is 0.225. The third-order valence-corrected chi connectivity index (χ3v) is 4.07. The van der Waals surface area contributed by atoms with Gasteiger partial charge < -0.3 is 27.5 Å². The zero-order chi connectivity index (χ0) is 22.1. The van der Waals surface area contributed by atoms with E-state index >= 15 is 0 Å². The average Bonchev–Trinajstić information content (AvgIpc) is 3.24. The maximum atomic E-state index is 9.96. The Labute approximate surface area is 192 Å². The van der Waals surface area contributed by atoms with Crippen LogP contribution in [0.15, 0.2) is 60.1 Å². The second-order valence-corrected chi connectivity index (χ2v) is 6.34. The van der Waals surface area contributed by atoms with Crippen LogP contribution in [0.3, 0.4) is 0 Å². The molecule has 0 unspecified atom stereocenters. The number of para-hydroxylation sites is 2. The summed E-state index contributed by atoms with van der Waals surface area (Å²) in [7, 11) is -1.00. The van der Waals surface area contributed by atoms with Crippen molar-refractivity contribution in [2.24, 2.45) is 5.73 Å². The van der Waals surface area contributed by atoms with Crippen molar-refractivity contribution < 1.29 is 16.0 Å². The number of nitrogens with zero attached hydrogens (tertiary/aromatic N) is 1. The molecule has 0 aliphatic carbocycles. The first-order chi connectivity index (χ1) is 13.9. The second kappa shape index (κ2) is 19.7. The summed E-state index contributed by atoms with van der Waals surface area (Å²) < 4.78 is 15.5. The molecular weight excluding hydrogens is 447 g/mol. The first kappa shape index (κ1) is 29.6. The molecule has 10 heteroatoms. The number of carbonyl (C=O) groups excluding carboxylic acids is 1. The van der Waals surface area contributed by atoms with E-state index in [2.05, 4.69) is 4.98 Å². The van der Waals surface area contributed by atoms with E-state index in [1.807, 2.05) is 41.8 Å². The van der Waals surface area contributed by atoms with Crippen LogP contribution < -0.4 is 17.2 Å². The molecule has 6 nitrogen and oxygen atoms in total. The summed E-state index contributed by atoms with van der Waals surface area (Å²) in [5.41, 5.74) is 19.9. The van der Waals surface area contributed by atoms with Gasteiger partial charge in [-0.05, 0) is 24.3 Å². The minimum absolute atomic E-state index is 0. The van der Waals surface area contributed by atoms with Crippen molar-refractivity contribution in [2.75, 3.05) is 24.5 Å². The number of hydrogen-bond donors (Lipinski definition) is 3. The van der Waals surface area contributed by atoms with E-state index in [1.54, 1.807) is 29.7 Å². The number of anilines is 2. The van der Waals surface area contributed by atoms with Crippen molar-refractivity contribution in [1.29, 1.82) is 0 Å². The van der Waals surface area contributed by atoms with E-state index in [9.17, 15) is 4.39 Å². The fourth-order valence-corrected chi connectivity index (χ4v) is 2.64. The zero-order valence-corrected chi connectivity index (χ0v) is 17.8. The number of alkyl halides is 2. The number of hydrogen-bond acceptors (Lipinski definition) is 6. The highest BCUT2D eigenvalue weighted by molar-refractivity contribution is 7.80. The van der Waals surface area contributed by atoms with Crippen LogP contribution in [0, 0.1) is 0 Å². The van der Waals surface area contributed by atoms with Crippen LogP contribution in [0.2, 0.25) is 0 Å². The number of nitrogens with two attached hydrogens (primary N) is 3. The number of halogens is 2. The molecule has 30 heavy (non-hydrogen) atoms. The van der Waals surface area contributed by atoms with Crippen LogP contribution in [0.1, 0.15) is 14.4 Å². The standard InChI is InChI=1S/C9H8N2S.C7H8N2S.C2H3ClO.CH3F.CH4.H2O/c10-8-4-2-1-3-7(8)9-11-5-6-12-9;8-6-4-2-1-3-5(6)7(9)10;3-1-2-4;1-2;;/h1-6H,10H2;1-4H,8H2,(H2,9,10);2H,1H2;1H3;1H4;1H2/i;;;1D;;. The van der Waals surface area contributed by atoms with Crippen LogP contribution in [0.4, 0.5) is 15.8 Å². The Morgan fingerprint density at radius 3 is 2.10 bits per heavy atom. The Morgan fingerprint density at radius 1 is 1.23 bits per heavy atom. The molecular formula is C20H28ClFN4O2S2. The van der Waals surface area contributed by atoms with Gasteiger partial charge in [-0.2, -0.15) is 0 Å². The van der Waals surface area contributed by atoms with Crippen molar-refractivity contribution in [1.82, 2.24) is 4.98 Å². The molecule has 0 aliphatic rings. The smallest absolute Gasteiger partial charge is 0.134 e. The highest BCUT2D eigenvalue weighted by atomic mass is 35.5. The minimum Gasteiger partial charge on any atom is -0.412 e. The Balaban J connectivity index is -0.000000376. The highest BCUT2D eigenvalue weighted by Crippen LogP contribution is 2.26. The number of aromatic nitrogens is 1. The number of thiocarbonyl (C=S) groups is 1. The van der Waals surface area contributed by atoms with E-state index in [1.165, 1.54) is 0 Å². The summed E-state index contributed by atoms with van der Waals surface area (Å²) in [4.78, 5) is 13.6. The van der Waals surface area contributed by atoms with Gasteiger partial charge >= 0.3 is 0 Å². The number of benzene rings is 2. The Kier molecular flexibility index (Phi) is 19.5. The molecule has 0 aliphatic heterocycles. The molecule has 3 aromatic rings. The maximum Gasteiger partial charge on any atom is 0.134 e.